The minimum Gasteiger partial charge on any atom is -0.373 e. The van der Waals surface area contributed by atoms with Crippen molar-refractivity contribution in [2.75, 3.05) is 12.4 Å². The standard InChI is InChI=1S/C13H17N5/c1-8-9(2)16-13(17-12(8)14-3)11-6-15-7-18(11)10-4-5-10/h6-7,10H,4-5H2,1-3H3,(H,14,16,17). The van der Waals surface area contributed by atoms with Gasteiger partial charge in [-0.3, -0.25) is 0 Å². The van der Waals surface area contributed by atoms with Crippen LogP contribution in [-0.4, -0.2) is 26.6 Å². The molecule has 3 rings (SSSR count). The Morgan fingerprint density at radius 1 is 1.28 bits per heavy atom. The second-order valence-corrected chi connectivity index (χ2v) is 4.77. The average Bonchev–Trinajstić information content (AvgIpc) is 3.10. The van der Waals surface area contributed by atoms with Crippen molar-refractivity contribution in [1.29, 1.82) is 0 Å². The third-order valence-electron chi connectivity index (χ3n) is 3.46. The van der Waals surface area contributed by atoms with E-state index in [0.717, 1.165) is 28.6 Å². The van der Waals surface area contributed by atoms with Crippen LogP contribution in [0.3, 0.4) is 0 Å². The first-order valence-electron chi connectivity index (χ1n) is 6.26. The van der Waals surface area contributed by atoms with Gasteiger partial charge in [0.25, 0.3) is 0 Å². The maximum Gasteiger partial charge on any atom is 0.180 e. The molecule has 2 aromatic rings. The average molecular weight is 243 g/mol. The zero-order chi connectivity index (χ0) is 12.7. The monoisotopic (exact) mass is 243 g/mol. The second-order valence-electron chi connectivity index (χ2n) is 4.77. The number of aromatic nitrogens is 4. The van der Waals surface area contributed by atoms with Crippen LogP contribution in [-0.2, 0) is 0 Å². The molecule has 1 aliphatic rings. The van der Waals surface area contributed by atoms with E-state index in [1.54, 1.807) is 0 Å². The Labute approximate surface area is 106 Å². The van der Waals surface area contributed by atoms with Gasteiger partial charge in [0.15, 0.2) is 5.82 Å². The molecule has 94 valence electrons. The van der Waals surface area contributed by atoms with Gasteiger partial charge in [-0.25, -0.2) is 15.0 Å². The summed E-state index contributed by atoms with van der Waals surface area (Å²) in [6.07, 6.45) is 6.19. The van der Waals surface area contributed by atoms with E-state index >= 15 is 0 Å². The molecule has 2 aromatic heterocycles. The molecule has 0 aliphatic heterocycles. The Kier molecular flexibility index (Phi) is 2.54. The van der Waals surface area contributed by atoms with Crippen molar-refractivity contribution in [3.63, 3.8) is 0 Å². The van der Waals surface area contributed by atoms with Crippen molar-refractivity contribution in [2.24, 2.45) is 0 Å². The maximum atomic E-state index is 4.58. The summed E-state index contributed by atoms with van der Waals surface area (Å²) in [5, 5.41) is 3.12. The van der Waals surface area contributed by atoms with Gasteiger partial charge in [-0.1, -0.05) is 0 Å². The van der Waals surface area contributed by atoms with Crippen LogP contribution in [0.4, 0.5) is 5.82 Å². The summed E-state index contributed by atoms with van der Waals surface area (Å²) in [5.41, 5.74) is 3.11. The molecule has 0 unspecified atom stereocenters. The molecule has 18 heavy (non-hydrogen) atoms. The summed E-state index contributed by atoms with van der Waals surface area (Å²) < 4.78 is 2.18. The topological polar surface area (TPSA) is 55.6 Å². The lowest BCUT2D eigenvalue weighted by molar-refractivity contribution is 0.742. The second kappa shape index (κ2) is 4.08. The first-order chi connectivity index (χ1) is 8.70. The van der Waals surface area contributed by atoms with Gasteiger partial charge in [0.2, 0.25) is 0 Å². The van der Waals surface area contributed by atoms with Gasteiger partial charge in [-0.2, -0.15) is 0 Å². The largest absolute Gasteiger partial charge is 0.373 e. The first kappa shape index (κ1) is 11.2. The number of hydrogen-bond acceptors (Lipinski definition) is 4. The van der Waals surface area contributed by atoms with E-state index in [2.05, 4.69) is 24.8 Å². The predicted molar refractivity (Wildman–Crippen MR) is 70.5 cm³/mol. The van der Waals surface area contributed by atoms with Gasteiger partial charge in [0.05, 0.1) is 12.5 Å². The van der Waals surface area contributed by atoms with Crippen LogP contribution in [0.25, 0.3) is 11.5 Å². The molecule has 1 aliphatic carbocycles. The molecule has 0 amide bonds. The Morgan fingerprint density at radius 2 is 2.06 bits per heavy atom. The van der Waals surface area contributed by atoms with Gasteiger partial charge in [-0.05, 0) is 26.7 Å². The van der Waals surface area contributed by atoms with Gasteiger partial charge in [0, 0.05) is 24.3 Å². The summed E-state index contributed by atoms with van der Waals surface area (Å²) in [5.74, 6) is 1.65. The third kappa shape index (κ3) is 1.75. The summed E-state index contributed by atoms with van der Waals surface area (Å²) in [6, 6.07) is 0.589. The minimum atomic E-state index is 0.589. The van der Waals surface area contributed by atoms with E-state index in [1.807, 2.05) is 33.4 Å². The number of anilines is 1. The van der Waals surface area contributed by atoms with Crippen LogP contribution in [0.5, 0.6) is 0 Å². The molecule has 0 bridgehead atoms. The van der Waals surface area contributed by atoms with Gasteiger partial charge in [-0.15, -0.1) is 0 Å². The number of rotatable bonds is 3. The van der Waals surface area contributed by atoms with Crippen molar-refractivity contribution in [1.82, 2.24) is 19.5 Å². The zero-order valence-corrected chi connectivity index (χ0v) is 10.9. The number of hydrogen-bond donors (Lipinski definition) is 1. The molecule has 1 fully saturated rings. The Hall–Kier alpha value is -1.91. The van der Waals surface area contributed by atoms with Crippen LogP contribution in [0.15, 0.2) is 12.5 Å². The van der Waals surface area contributed by atoms with Crippen molar-refractivity contribution in [3.8, 4) is 11.5 Å². The van der Waals surface area contributed by atoms with E-state index in [-0.39, 0.29) is 0 Å². The smallest absolute Gasteiger partial charge is 0.180 e. The van der Waals surface area contributed by atoms with Gasteiger partial charge >= 0.3 is 0 Å². The minimum absolute atomic E-state index is 0.589. The number of aryl methyl sites for hydroxylation is 1. The number of nitrogens with zero attached hydrogens (tertiary/aromatic N) is 4. The van der Waals surface area contributed by atoms with Crippen molar-refractivity contribution in [2.45, 2.75) is 32.7 Å². The van der Waals surface area contributed by atoms with E-state index in [1.165, 1.54) is 12.8 Å². The SMILES string of the molecule is CNc1nc(-c2cncn2C2CC2)nc(C)c1C. The van der Waals surface area contributed by atoms with Crippen LogP contribution in [0, 0.1) is 13.8 Å². The van der Waals surface area contributed by atoms with Gasteiger partial charge in [0.1, 0.15) is 11.5 Å². The van der Waals surface area contributed by atoms with E-state index in [4.69, 9.17) is 0 Å². The maximum absolute atomic E-state index is 4.58. The summed E-state index contributed by atoms with van der Waals surface area (Å²) in [6.45, 7) is 4.04. The highest BCUT2D eigenvalue weighted by atomic mass is 15.1. The molecule has 5 nitrogen and oxygen atoms in total. The first-order valence-corrected chi connectivity index (χ1v) is 6.26. The fourth-order valence-electron chi connectivity index (χ4n) is 2.11. The van der Waals surface area contributed by atoms with Crippen LogP contribution in [0.1, 0.15) is 30.1 Å². The Morgan fingerprint density at radius 3 is 2.72 bits per heavy atom. The zero-order valence-electron chi connectivity index (χ0n) is 10.9. The lowest BCUT2D eigenvalue weighted by atomic mass is 10.2. The Bertz CT molecular complexity index is 583. The van der Waals surface area contributed by atoms with Crippen LogP contribution < -0.4 is 5.32 Å². The molecule has 0 spiro atoms. The predicted octanol–water partition coefficient (Wildman–Crippen LogP) is 2.33. The van der Waals surface area contributed by atoms with Crippen LogP contribution in [0.2, 0.25) is 0 Å². The summed E-state index contributed by atoms with van der Waals surface area (Å²) in [4.78, 5) is 13.4. The van der Waals surface area contributed by atoms with E-state index in [0.29, 0.717) is 6.04 Å². The molecule has 1 N–H and O–H groups in total. The number of nitrogens with one attached hydrogen (secondary N) is 1. The van der Waals surface area contributed by atoms with Gasteiger partial charge < -0.3 is 9.88 Å². The lowest BCUT2D eigenvalue weighted by Gasteiger charge is -2.11. The molecule has 5 heteroatoms. The third-order valence-corrected chi connectivity index (χ3v) is 3.46. The van der Waals surface area contributed by atoms with Crippen molar-refractivity contribution in [3.05, 3.63) is 23.8 Å². The molecule has 0 saturated heterocycles. The summed E-state index contributed by atoms with van der Waals surface area (Å²) in [7, 11) is 1.89. The molecule has 0 atom stereocenters. The fourth-order valence-corrected chi connectivity index (χ4v) is 2.11. The fraction of sp³-hybridized carbons (Fsp3) is 0.462. The van der Waals surface area contributed by atoms with Crippen molar-refractivity contribution < 1.29 is 0 Å². The molecule has 2 heterocycles. The normalized spacial score (nSPS) is 14.8. The van der Waals surface area contributed by atoms with Crippen LogP contribution >= 0.6 is 0 Å². The molecule has 0 aromatic carbocycles. The lowest BCUT2D eigenvalue weighted by Crippen LogP contribution is -2.05. The quantitative estimate of drug-likeness (QED) is 0.899. The molecular formula is C13H17N5. The van der Waals surface area contributed by atoms with Crippen molar-refractivity contribution >= 4 is 5.82 Å². The molecular weight excluding hydrogens is 226 g/mol. The highest BCUT2D eigenvalue weighted by Gasteiger charge is 2.26. The highest BCUT2D eigenvalue weighted by Crippen LogP contribution is 2.37. The molecule has 0 radical (unpaired) electrons. The highest BCUT2D eigenvalue weighted by molar-refractivity contribution is 5.56. The van der Waals surface area contributed by atoms with E-state index < -0.39 is 0 Å². The number of imidazole rings is 1. The van der Waals surface area contributed by atoms with E-state index in [9.17, 15) is 0 Å². The Balaban J connectivity index is 2.10. The summed E-state index contributed by atoms with van der Waals surface area (Å²) >= 11 is 0. The molecule has 1 saturated carbocycles.